The summed E-state index contributed by atoms with van der Waals surface area (Å²) >= 11 is 0. The summed E-state index contributed by atoms with van der Waals surface area (Å²) in [4.78, 5) is 15.2. The first-order chi connectivity index (χ1) is 6.79. The Morgan fingerprint density at radius 2 is 2.07 bits per heavy atom. The summed E-state index contributed by atoms with van der Waals surface area (Å²) in [6, 6.07) is 1.60. The number of rotatable bonds is 1. The Labute approximate surface area is 82.8 Å². The first-order valence-electron chi connectivity index (χ1n) is 4.99. The molecule has 2 rings (SSSR count). The molecule has 0 atom stereocenters. The zero-order valence-electron chi connectivity index (χ0n) is 7.99. The number of carboxylic acids is 1. The molecule has 0 bridgehead atoms. The lowest BCUT2D eigenvalue weighted by molar-refractivity contribution is 0.0695. The van der Waals surface area contributed by atoms with Crippen molar-refractivity contribution < 1.29 is 9.90 Å². The van der Waals surface area contributed by atoms with E-state index in [-0.39, 0.29) is 0 Å². The van der Waals surface area contributed by atoms with Gasteiger partial charge in [0.15, 0.2) is 0 Å². The number of nitrogens with zero attached hydrogens (tertiary/aromatic N) is 1. The molecule has 14 heavy (non-hydrogen) atoms. The van der Waals surface area contributed by atoms with Crippen LogP contribution < -0.4 is 0 Å². The van der Waals surface area contributed by atoms with Crippen LogP contribution in [0.3, 0.4) is 0 Å². The molecule has 0 unspecified atom stereocenters. The third-order valence-corrected chi connectivity index (χ3v) is 2.72. The topological polar surface area (TPSA) is 50.2 Å². The van der Waals surface area contributed by atoms with Gasteiger partial charge < -0.3 is 5.11 Å². The fourth-order valence-electron chi connectivity index (χ4n) is 2.00. The quantitative estimate of drug-likeness (QED) is 0.691. The highest BCUT2D eigenvalue weighted by Crippen LogP contribution is 2.21. The highest BCUT2D eigenvalue weighted by Gasteiger charge is 2.16. The van der Waals surface area contributed by atoms with Crippen molar-refractivity contribution in [3.05, 3.63) is 29.1 Å². The van der Waals surface area contributed by atoms with Crippen molar-refractivity contribution in [2.24, 2.45) is 0 Å². The van der Waals surface area contributed by atoms with E-state index in [9.17, 15) is 4.79 Å². The zero-order chi connectivity index (χ0) is 9.97. The summed E-state index contributed by atoms with van der Waals surface area (Å²) in [6.07, 6.45) is 6.78. The maximum Gasteiger partial charge on any atom is 0.336 e. The van der Waals surface area contributed by atoms with Crippen molar-refractivity contribution >= 4 is 5.97 Å². The number of aromatic carboxylic acids is 1. The largest absolute Gasteiger partial charge is 0.478 e. The smallest absolute Gasteiger partial charge is 0.336 e. The number of carboxylic acid groups (broad SMARTS) is 1. The molecule has 1 aliphatic carbocycles. The summed E-state index contributed by atoms with van der Waals surface area (Å²) < 4.78 is 0. The van der Waals surface area contributed by atoms with Gasteiger partial charge in [0.05, 0.1) is 5.56 Å². The Kier molecular flexibility index (Phi) is 2.48. The van der Waals surface area contributed by atoms with Crippen LogP contribution in [0.2, 0.25) is 0 Å². The first kappa shape index (κ1) is 9.19. The molecule has 0 fully saturated rings. The molecule has 0 saturated carbocycles. The number of aromatic nitrogens is 1. The number of aryl methyl sites for hydroxylation is 1. The molecule has 0 spiro atoms. The van der Waals surface area contributed by atoms with Crippen molar-refractivity contribution in [2.75, 3.05) is 0 Å². The van der Waals surface area contributed by atoms with E-state index in [0.717, 1.165) is 36.9 Å². The molecule has 3 heteroatoms. The molecule has 1 N–H and O–H groups in total. The van der Waals surface area contributed by atoms with Crippen molar-refractivity contribution in [2.45, 2.75) is 32.1 Å². The van der Waals surface area contributed by atoms with Crippen LogP contribution in [0.1, 0.15) is 40.9 Å². The Morgan fingerprint density at radius 1 is 1.29 bits per heavy atom. The van der Waals surface area contributed by atoms with E-state index < -0.39 is 5.97 Å². The molecule has 3 nitrogen and oxygen atoms in total. The van der Waals surface area contributed by atoms with Crippen LogP contribution in [0, 0.1) is 0 Å². The lowest BCUT2D eigenvalue weighted by atomic mass is 10.0. The first-order valence-corrected chi connectivity index (χ1v) is 4.99. The Balaban J connectivity index is 2.47. The van der Waals surface area contributed by atoms with Crippen molar-refractivity contribution in [1.82, 2.24) is 4.98 Å². The van der Waals surface area contributed by atoms with Gasteiger partial charge in [-0.05, 0) is 37.3 Å². The average molecular weight is 191 g/mol. The predicted octanol–water partition coefficient (Wildman–Crippen LogP) is 2.05. The lowest BCUT2D eigenvalue weighted by Gasteiger charge is -2.07. The van der Waals surface area contributed by atoms with Crippen LogP contribution in [0.25, 0.3) is 0 Å². The Bertz CT molecular complexity index is 360. The van der Waals surface area contributed by atoms with E-state index in [4.69, 9.17) is 5.11 Å². The van der Waals surface area contributed by atoms with Gasteiger partial charge in [-0.15, -0.1) is 0 Å². The summed E-state index contributed by atoms with van der Waals surface area (Å²) in [5.74, 6) is -0.828. The molecular formula is C11H13NO2. The number of pyridine rings is 1. The van der Waals surface area contributed by atoms with E-state index in [0.29, 0.717) is 5.56 Å². The minimum atomic E-state index is -0.828. The number of carbonyl (C=O) groups is 1. The molecule has 74 valence electrons. The van der Waals surface area contributed by atoms with E-state index in [1.807, 2.05) is 0 Å². The minimum absolute atomic E-state index is 0.442. The minimum Gasteiger partial charge on any atom is -0.478 e. The molecule has 0 amide bonds. The summed E-state index contributed by atoms with van der Waals surface area (Å²) in [7, 11) is 0. The van der Waals surface area contributed by atoms with E-state index in [1.54, 1.807) is 12.3 Å². The molecular weight excluding hydrogens is 178 g/mol. The second kappa shape index (κ2) is 3.78. The molecule has 0 aromatic carbocycles. The SMILES string of the molecule is O=C(O)c1ccnc2c1CCCCC2. The van der Waals surface area contributed by atoms with Gasteiger partial charge in [0.1, 0.15) is 0 Å². The molecule has 0 saturated heterocycles. The highest BCUT2D eigenvalue weighted by atomic mass is 16.4. The Morgan fingerprint density at radius 3 is 2.86 bits per heavy atom. The standard InChI is InChI=1S/C11H13NO2/c13-11(14)9-6-7-12-10-5-3-1-2-4-8(9)10/h6-7H,1-5H2,(H,13,14). The van der Waals surface area contributed by atoms with Crippen LogP contribution in [0.5, 0.6) is 0 Å². The predicted molar refractivity (Wildman–Crippen MR) is 52.5 cm³/mol. The van der Waals surface area contributed by atoms with Gasteiger partial charge in [-0.3, -0.25) is 4.98 Å². The van der Waals surface area contributed by atoms with Crippen LogP contribution in [0.4, 0.5) is 0 Å². The maximum absolute atomic E-state index is 11.0. The van der Waals surface area contributed by atoms with Crippen LogP contribution >= 0.6 is 0 Å². The molecule has 0 aliphatic heterocycles. The molecule has 0 radical (unpaired) electrons. The van der Waals surface area contributed by atoms with Gasteiger partial charge in [-0.2, -0.15) is 0 Å². The molecule has 1 aromatic heterocycles. The van der Waals surface area contributed by atoms with Gasteiger partial charge in [-0.1, -0.05) is 6.42 Å². The van der Waals surface area contributed by atoms with Gasteiger partial charge in [0.2, 0.25) is 0 Å². The monoisotopic (exact) mass is 191 g/mol. The van der Waals surface area contributed by atoms with Crippen molar-refractivity contribution in [1.29, 1.82) is 0 Å². The van der Waals surface area contributed by atoms with Crippen LogP contribution in [0.15, 0.2) is 12.3 Å². The number of fused-ring (bicyclic) bond motifs is 1. The number of hydrogen-bond acceptors (Lipinski definition) is 2. The fourth-order valence-corrected chi connectivity index (χ4v) is 2.00. The summed E-state index contributed by atoms with van der Waals surface area (Å²) in [5, 5.41) is 9.00. The highest BCUT2D eigenvalue weighted by molar-refractivity contribution is 5.89. The second-order valence-electron chi connectivity index (χ2n) is 3.65. The lowest BCUT2D eigenvalue weighted by Crippen LogP contribution is -2.06. The Hall–Kier alpha value is -1.38. The van der Waals surface area contributed by atoms with Crippen molar-refractivity contribution in [3.8, 4) is 0 Å². The maximum atomic E-state index is 11.0. The third-order valence-electron chi connectivity index (χ3n) is 2.72. The van der Waals surface area contributed by atoms with Gasteiger partial charge in [0, 0.05) is 11.9 Å². The van der Waals surface area contributed by atoms with Gasteiger partial charge >= 0.3 is 5.97 Å². The van der Waals surface area contributed by atoms with Gasteiger partial charge in [0.25, 0.3) is 0 Å². The van der Waals surface area contributed by atoms with Crippen LogP contribution in [-0.2, 0) is 12.8 Å². The van der Waals surface area contributed by atoms with Crippen LogP contribution in [-0.4, -0.2) is 16.1 Å². The number of hydrogen-bond donors (Lipinski definition) is 1. The normalized spacial score (nSPS) is 15.7. The van der Waals surface area contributed by atoms with E-state index in [1.165, 1.54) is 6.42 Å². The molecule has 1 aromatic rings. The van der Waals surface area contributed by atoms with E-state index in [2.05, 4.69) is 4.98 Å². The molecule has 1 heterocycles. The van der Waals surface area contributed by atoms with Gasteiger partial charge in [-0.25, -0.2) is 4.79 Å². The fraction of sp³-hybridized carbons (Fsp3) is 0.455. The summed E-state index contributed by atoms with van der Waals surface area (Å²) in [5.41, 5.74) is 2.39. The second-order valence-corrected chi connectivity index (χ2v) is 3.65. The third kappa shape index (κ3) is 1.62. The molecule has 1 aliphatic rings. The van der Waals surface area contributed by atoms with E-state index >= 15 is 0 Å². The average Bonchev–Trinajstić information content (AvgIpc) is 2.41. The zero-order valence-corrected chi connectivity index (χ0v) is 7.99. The van der Waals surface area contributed by atoms with Crippen molar-refractivity contribution in [3.63, 3.8) is 0 Å². The summed E-state index contributed by atoms with van der Waals surface area (Å²) in [6.45, 7) is 0.